The maximum Gasteiger partial charge on any atom is 0.220 e. The number of amides is 1. The number of anilines is 1. The number of carbonyl (C=O) groups is 1. The Bertz CT molecular complexity index is 353. The Labute approximate surface area is 88.0 Å². The highest BCUT2D eigenvalue weighted by Gasteiger charge is 2.03. The first kappa shape index (κ1) is 11.2. The Balaban J connectivity index is 2.62. The van der Waals surface area contributed by atoms with Crippen LogP contribution in [0.5, 0.6) is 11.5 Å². The molecule has 0 spiro atoms. The van der Waals surface area contributed by atoms with E-state index >= 15 is 0 Å². The van der Waals surface area contributed by atoms with Gasteiger partial charge in [-0.25, -0.2) is 0 Å². The molecule has 0 bridgehead atoms. The summed E-state index contributed by atoms with van der Waals surface area (Å²) in [4.78, 5) is 10.5. The molecule has 0 saturated carbocycles. The number of nitrogen functional groups attached to an aromatic ring is 1. The topological polar surface area (TPSA) is 87.6 Å². The molecule has 0 fully saturated rings. The highest BCUT2D eigenvalue weighted by atomic mass is 16.5. The molecule has 1 aromatic rings. The number of carbonyl (C=O) groups excluding carboxylic acids is 1. The van der Waals surface area contributed by atoms with E-state index in [4.69, 9.17) is 20.9 Å². The van der Waals surface area contributed by atoms with Gasteiger partial charge in [0.1, 0.15) is 11.5 Å². The van der Waals surface area contributed by atoms with Crippen molar-refractivity contribution in [1.82, 2.24) is 0 Å². The highest BCUT2D eigenvalue weighted by Crippen LogP contribution is 2.26. The van der Waals surface area contributed by atoms with Gasteiger partial charge in [-0.05, 0) is 12.1 Å². The minimum atomic E-state index is -0.406. The number of methoxy groups -OCH3 is 1. The SMILES string of the molecule is COc1ccc(N)c(OCCC(N)=O)c1. The average molecular weight is 210 g/mol. The molecule has 0 aromatic heterocycles. The Kier molecular flexibility index (Phi) is 3.79. The monoisotopic (exact) mass is 210 g/mol. The number of benzene rings is 1. The van der Waals surface area contributed by atoms with Gasteiger partial charge in [-0.3, -0.25) is 4.79 Å². The van der Waals surface area contributed by atoms with Crippen molar-refractivity contribution in [2.75, 3.05) is 19.5 Å². The van der Waals surface area contributed by atoms with Crippen molar-refractivity contribution < 1.29 is 14.3 Å². The molecule has 15 heavy (non-hydrogen) atoms. The lowest BCUT2D eigenvalue weighted by Gasteiger charge is -2.09. The summed E-state index contributed by atoms with van der Waals surface area (Å²) in [6, 6.07) is 5.07. The molecule has 0 aliphatic rings. The van der Waals surface area contributed by atoms with Gasteiger partial charge >= 0.3 is 0 Å². The Morgan fingerprint density at radius 2 is 2.20 bits per heavy atom. The van der Waals surface area contributed by atoms with Crippen molar-refractivity contribution in [1.29, 1.82) is 0 Å². The molecule has 5 nitrogen and oxygen atoms in total. The predicted octanol–water partition coefficient (Wildman–Crippen LogP) is 0.532. The molecule has 1 rings (SSSR count). The quantitative estimate of drug-likeness (QED) is 0.694. The zero-order valence-corrected chi connectivity index (χ0v) is 8.53. The summed E-state index contributed by atoms with van der Waals surface area (Å²) in [6.45, 7) is 0.215. The number of nitrogens with two attached hydrogens (primary N) is 2. The summed E-state index contributed by atoms with van der Waals surface area (Å²) in [5, 5.41) is 0. The van der Waals surface area contributed by atoms with Crippen molar-refractivity contribution >= 4 is 11.6 Å². The average Bonchev–Trinajstić information content (AvgIpc) is 2.20. The van der Waals surface area contributed by atoms with E-state index in [0.717, 1.165) is 0 Å². The molecule has 82 valence electrons. The van der Waals surface area contributed by atoms with Crippen LogP contribution in [-0.4, -0.2) is 19.6 Å². The number of primary amides is 1. The second-order valence-corrected chi connectivity index (χ2v) is 2.97. The Morgan fingerprint density at radius 3 is 2.80 bits per heavy atom. The van der Waals surface area contributed by atoms with E-state index in [-0.39, 0.29) is 13.0 Å². The van der Waals surface area contributed by atoms with Gasteiger partial charge in [0.15, 0.2) is 0 Å². The van der Waals surface area contributed by atoms with E-state index < -0.39 is 5.91 Å². The molecule has 4 N–H and O–H groups in total. The summed E-state index contributed by atoms with van der Waals surface area (Å²) in [5.41, 5.74) is 11.1. The van der Waals surface area contributed by atoms with Gasteiger partial charge in [-0.2, -0.15) is 0 Å². The number of hydrogen-bond acceptors (Lipinski definition) is 4. The van der Waals surface area contributed by atoms with E-state index in [2.05, 4.69) is 0 Å². The van der Waals surface area contributed by atoms with Gasteiger partial charge in [-0.1, -0.05) is 0 Å². The Hall–Kier alpha value is -1.91. The fraction of sp³-hybridized carbons (Fsp3) is 0.300. The van der Waals surface area contributed by atoms with Crippen molar-refractivity contribution in [3.8, 4) is 11.5 Å². The maximum atomic E-state index is 10.5. The van der Waals surface area contributed by atoms with Crippen LogP contribution in [0.2, 0.25) is 0 Å². The van der Waals surface area contributed by atoms with Crippen molar-refractivity contribution in [3.05, 3.63) is 18.2 Å². The van der Waals surface area contributed by atoms with E-state index in [1.54, 1.807) is 25.3 Å². The first-order valence-electron chi connectivity index (χ1n) is 4.48. The fourth-order valence-corrected chi connectivity index (χ4v) is 1.03. The van der Waals surface area contributed by atoms with Crippen LogP contribution >= 0.6 is 0 Å². The second kappa shape index (κ2) is 5.09. The summed E-state index contributed by atoms with van der Waals surface area (Å²) < 4.78 is 10.3. The van der Waals surface area contributed by atoms with Crippen LogP contribution in [0.25, 0.3) is 0 Å². The van der Waals surface area contributed by atoms with E-state index in [9.17, 15) is 4.79 Å². The standard InChI is InChI=1S/C10H14N2O3/c1-14-7-2-3-8(11)9(6-7)15-5-4-10(12)13/h2-3,6H,4-5,11H2,1H3,(H2,12,13). The van der Waals surface area contributed by atoms with Crippen LogP contribution in [-0.2, 0) is 4.79 Å². The summed E-state index contributed by atoms with van der Waals surface area (Å²) in [7, 11) is 1.55. The molecule has 0 heterocycles. The fourth-order valence-electron chi connectivity index (χ4n) is 1.03. The molecule has 0 radical (unpaired) electrons. The van der Waals surface area contributed by atoms with Crippen LogP contribution < -0.4 is 20.9 Å². The smallest absolute Gasteiger partial charge is 0.220 e. The molecular formula is C10H14N2O3. The number of ether oxygens (including phenoxy) is 2. The predicted molar refractivity (Wildman–Crippen MR) is 56.7 cm³/mol. The molecular weight excluding hydrogens is 196 g/mol. The lowest BCUT2D eigenvalue weighted by molar-refractivity contribution is -0.118. The largest absolute Gasteiger partial charge is 0.497 e. The highest BCUT2D eigenvalue weighted by molar-refractivity contribution is 5.73. The number of rotatable bonds is 5. The molecule has 0 aliphatic carbocycles. The zero-order chi connectivity index (χ0) is 11.3. The molecule has 1 amide bonds. The first-order chi connectivity index (χ1) is 7.13. The van der Waals surface area contributed by atoms with Gasteiger partial charge in [0.05, 0.1) is 25.8 Å². The third kappa shape index (κ3) is 3.38. The molecule has 5 heteroatoms. The van der Waals surface area contributed by atoms with Gasteiger partial charge in [0.25, 0.3) is 0 Å². The maximum absolute atomic E-state index is 10.5. The van der Waals surface area contributed by atoms with Crippen LogP contribution in [0.15, 0.2) is 18.2 Å². The first-order valence-corrected chi connectivity index (χ1v) is 4.48. The minimum absolute atomic E-state index is 0.163. The molecule has 0 saturated heterocycles. The van der Waals surface area contributed by atoms with Crippen LogP contribution in [0, 0.1) is 0 Å². The van der Waals surface area contributed by atoms with E-state index in [1.807, 2.05) is 0 Å². The normalized spacial score (nSPS) is 9.67. The molecule has 0 atom stereocenters. The molecule has 0 unspecified atom stereocenters. The van der Waals surface area contributed by atoms with E-state index in [0.29, 0.717) is 17.2 Å². The van der Waals surface area contributed by atoms with Crippen LogP contribution in [0.1, 0.15) is 6.42 Å². The van der Waals surface area contributed by atoms with Crippen molar-refractivity contribution in [2.24, 2.45) is 5.73 Å². The van der Waals surface area contributed by atoms with Gasteiger partial charge < -0.3 is 20.9 Å². The third-order valence-corrected chi connectivity index (χ3v) is 1.83. The second-order valence-electron chi connectivity index (χ2n) is 2.97. The van der Waals surface area contributed by atoms with Crippen LogP contribution in [0.4, 0.5) is 5.69 Å². The molecule has 1 aromatic carbocycles. The molecule has 0 aliphatic heterocycles. The van der Waals surface area contributed by atoms with E-state index in [1.165, 1.54) is 0 Å². The summed E-state index contributed by atoms with van der Waals surface area (Å²) >= 11 is 0. The van der Waals surface area contributed by atoms with Gasteiger partial charge in [0, 0.05) is 6.07 Å². The number of hydrogen-bond donors (Lipinski definition) is 2. The van der Waals surface area contributed by atoms with Crippen molar-refractivity contribution in [3.63, 3.8) is 0 Å². The summed E-state index contributed by atoms with van der Waals surface area (Å²) in [5.74, 6) is 0.741. The summed E-state index contributed by atoms with van der Waals surface area (Å²) in [6.07, 6.45) is 0.163. The lowest BCUT2D eigenvalue weighted by Crippen LogP contribution is -2.14. The van der Waals surface area contributed by atoms with Gasteiger partial charge in [0.2, 0.25) is 5.91 Å². The van der Waals surface area contributed by atoms with Gasteiger partial charge in [-0.15, -0.1) is 0 Å². The minimum Gasteiger partial charge on any atom is -0.497 e. The zero-order valence-electron chi connectivity index (χ0n) is 8.53. The van der Waals surface area contributed by atoms with Crippen LogP contribution in [0.3, 0.4) is 0 Å². The van der Waals surface area contributed by atoms with Crippen molar-refractivity contribution in [2.45, 2.75) is 6.42 Å². The Morgan fingerprint density at radius 1 is 1.47 bits per heavy atom. The third-order valence-electron chi connectivity index (χ3n) is 1.83. The lowest BCUT2D eigenvalue weighted by atomic mass is 10.3.